The van der Waals surface area contributed by atoms with Gasteiger partial charge in [0.1, 0.15) is 5.82 Å². The average Bonchev–Trinajstić information content (AvgIpc) is 3.32. The zero-order valence-electron chi connectivity index (χ0n) is 16.0. The number of rotatable bonds is 8. The van der Waals surface area contributed by atoms with E-state index in [1.54, 1.807) is 11.3 Å². The maximum atomic E-state index is 12.6. The third-order valence-electron chi connectivity index (χ3n) is 4.09. The third-order valence-corrected chi connectivity index (χ3v) is 5.88. The number of fused-ring (bicyclic) bond motifs is 1. The first-order valence-electron chi connectivity index (χ1n) is 8.87. The highest BCUT2D eigenvalue weighted by Crippen LogP contribution is 2.19. The predicted octanol–water partition coefficient (Wildman–Crippen LogP) is 2.06. The third kappa shape index (κ3) is 4.87. The Bertz CT molecular complexity index is 970. The minimum absolute atomic E-state index is 0.0433. The fourth-order valence-electron chi connectivity index (χ4n) is 2.72. The molecule has 3 heterocycles. The molecule has 8 nitrogen and oxygen atoms in total. The van der Waals surface area contributed by atoms with Crippen molar-refractivity contribution in [2.24, 2.45) is 0 Å². The lowest BCUT2D eigenvalue weighted by molar-refractivity contribution is -0.133. The second-order valence-electron chi connectivity index (χ2n) is 6.17. The van der Waals surface area contributed by atoms with E-state index in [2.05, 4.69) is 20.5 Å². The number of thiophene rings is 1. The van der Waals surface area contributed by atoms with Crippen LogP contribution in [0.4, 0.5) is 0 Å². The normalized spacial score (nSPS) is 11.0. The highest BCUT2D eigenvalue weighted by atomic mass is 32.2. The molecule has 0 atom stereocenters. The van der Waals surface area contributed by atoms with Crippen LogP contribution in [0.25, 0.3) is 5.65 Å². The minimum atomic E-state index is -0.169. The number of hydrogen-bond donors (Lipinski definition) is 1. The van der Waals surface area contributed by atoms with Crippen molar-refractivity contribution in [3.63, 3.8) is 0 Å². The molecule has 2 amide bonds. The summed E-state index contributed by atoms with van der Waals surface area (Å²) < 4.78 is 1.83. The van der Waals surface area contributed by atoms with Crippen LogP contribution in [0.3, 0.4) is 0 Å². The topological polar surface area (TPSA) is 92.5 Å². The van der Waals surface area contributed by atoms with E-state index in [1.165, 1.54) is 16.7 Å². The van der Waals surface area contributed by atoms with Crippen LogP contribution in [0.15, 0.2) is 28.7 Å². The molecule has 148 valence electrons. The van der Waals surface area contributed by atoms with Crippen molar-refractivity contribution in [3.05, 3.63) is 40.0 Å². The molecule has 0 aliphatic carbocycles. The van der Waals surface area contributed by atoms with Gasteiger partial charge in [0, 0.05) is 23.2 Å². The summed E-state index contributed by atoms with van der Waals surface area (Å²) in [5.41, 5.74) is 1.58. The van der Waals surface area contributed by atoms with Gasteiger partial charge in [-0.05, 0) is 32.2 Å². The second-order valence-corrected chi connectivity index (χ2v) is 8.15. The van der Waals surface area contributed by atoms with Gasteiger partial charge in [-0.1, -0.05) is 17.8 Å². The van der Waals surface area contributed by atoms with Gasteiger partial charge >= 0.3 is 0 Å². The van der Waals surface area contributed by atoms with Gasteiger partial charge in [-0.2, -0.15) is 0 Å². The van der Waals surface area contributed by atoms with Crippen LogP contribution in [-0.4, -0.2) is 55.1 Å². The Morgan fingerprint density at radius 3 is 2.86 bits per heavy atom. The molecule has 0 saturated carbocycles. The molecule has 0 fully saturated rings. The molecule has 1 N–H and O–H groups in total. The van der Waals surface area contributed by atoms with Crippen LogP contribution in [0.2, 0.25) is 0 Å². The number of aryl methyl sites for hydroxylation is 2. The summed E-state index contributed by atoms with van der Waals surface area (Å²) in [7, 11) is 0. The van der Waals surface area contributed by atoms with Crippen molar-refractivity contribution in [2.75, 3.05) is 18.8 Å². The molecule has 3 rings (SSSR count). The second kappa shape index (κ2) is 9.16. The maximum absolute atomic E-state index is 12.6. The smallest absolute Gasteiger partial charge is 0.239 e. The molecule has 0 radical (unpaired) electrons. The fraction of sp³-hybridized carbons (Fsp3) is 0.389. The number of carbonyl (C=O) groups is 2. The molecule has 28 heavy (non-hydrogen) atoms. The average molecular weight is 419 g/mol. The summed E-state index contributed by atoms with van der Waals surface area (Å²) in [6, 6.07) is 5.76. The molecule has 0 aliphatic rings. The zero-order chi connectivity index (χ0) is 20.1. The van der Waals surface area contributed by atoms with Gasteiger partial charge < -0.3 is 10.2 Å². The molecule has 0 unspecified atom stereocenters. The van der Waals surface area contributed by atoms with E-state index in [4.69, 9.17) is 0 Å². The van der Waals surface area contributed by atoms with Crippen LogP contribution in [-0.2, 0) is 16.1 Å². The molecule has 0 aliphatic heterocycles. The fourth-order valence-corrected chi connectivity index (χ4v) is 4.25. The van der Waals surface area contributed by atoms with Gasteiger partial charge in [-0.25, -0.2) is 4.98 Å². The molecule has 3 aromatic rings. The van der Waals surface area contributed by atoms with Crippen LogP contribution in [0.1, 0.15) is 23.3 Å². The first-order valence-corrected chi connectivity index (χ1v) is 10.7. The Morgan fingerprint density at radius 2 is 2.14 bits per heavy atom. The van der Waals surface area contributed by atoms with E-state index in [0.717, 1.165) is 16.4 Å². The van der Waals surface area contributed by atoms with Crippen molar-refractivity contribution in [3.8, 4) is 0 Å². The van der Waals surface area contributed by atoms with Crippen molar-refractivity contribution in [2.45, 2.75) is 32.5 Å². The van der Waals surface area contributed by atoms with E-state index in [0.29, 0.717) is 23.9 Å². The Labute approximate surface area is 171 Å². The molecule has 0 spiro atoms. The van der Waals surface area contributed by atoms with Crippen molar-refractivity contribution in [1.29, 1.82) is 0 Å². The number of carbonyl (C=O) groups excluding carboxylic acids is 2. The van der Waals surface area contributed by atoms with Crippen LogP contribution >= 0.6 is 23.1 Å². The monoisotopic (exact) mass is 418 g/mol. The largest absolute Gasteiger partial charge is 0.350 e. The van der Waals surface area contributed by atoms with E-state index >= 15 is 0 Å². The van der Waals surface area contributed by atoms with Crippen LogP contribution in [0, 0.1) is 13.8 Å². The summed E-state index contributed by atoms with van der Waals surface area (Å²) in [6.07, 6.45) is 0. The highest BCUT2D eigenvalue weighted by molar-refractivity contribution is 7.99. The summed E-state index contributed by atoms with van der Waals surface area (Å²) >= 11 is 2.88. The first kappa shape index (κ1) is 20.3. The lowest BCUT2D eigenvalue weighted by atomic mass is 10.4. The van der Waals surface area contributed by atoms with Crippen molar-refractivity contribution in [1.82, 2.24) is 29.8 Å². The van der Waals surface area contributed by atoms with Crippen LogP contribution in [0.5, 0.6) is 0 Å². The quantitative estimate of drug-likeness (QED) is 0.563. The van der Waals surface area contributed by atoms with Gasteiger partial charge in [0.15, 0.2) is 10.8 Å². The minimum Gasteiger partial charge on any atom is -0.350 e. The number of likely N-dealkylation sites (N-methyl/N-ethyl adjacent to an activating group) is 1. The Morgan fingerprint density at radius 1 is 1.32 bits per heavy atom. The number of hydrogen-bond acceptors (Lipinski definition) is 7. The van der Waals surface area contributed by atoms with Gasteiger partial charge in [-0.3, -0.25) is 14.0 Å². The van der Waals surface area contributed by atoms with Gasteiger partial charge in [0.25, 0.3) is 0 Å². The lowest BCUT2D eigenvalue weighted by Crippen LogP contribution is -2.41. The standard InChI is InChI=1S/C18H22N6O2S2/c1-4-23(10-16(25)19-9-14-6-5-7-27-14)17(26)11-28-18-22-21-15-8-12(2)20-13(3)24(15)18/h5-8H,4,9-11H2,1-3H3,(H,19,25). The lowest BCUT2D eigenvalue weighted by Gasteiger charge is -2.20. The van der Waals surface area contributed by atoms with E-state index in [1.807, 2.05) is 48.8 Å². The van der Waals surface area contributed by atoms with Crippen LogP contribution < -0.4 is 5.32 Å². The molecule has 0 saturated heterocycles. The highest BCUT2D eigenvalue weighted by Gasteiger charge is 2.18. The summed E-state index contributed by atoms with van der Waals surface area (Å²) in [5.74, 6) is 0.667. The van der Waals surface area contributed by atoms with Gasteiger partial charge in [0.2, 0.25) is 11.8 Å². The molecular weight excluding hydrogens is 396 g/mol. The van der Waals surface area contributed by atoms with Gasteiger partial charge in [-0.15, -0.1) is 21.5 Å². The zero-order valence-corrected chi connectivity index (χ0v) is 17.6. The number of amides is 2. The predicted molar refractivity (Wildman–Crippen MR) is 109 cm³/mol. The van der Waals surface area contributed by atoms with Crippen molar-refractivity contribution >= 4 is 40.6 Å². The number of nitrogens with one attached hydrogen (secondary N) is 1. The molecule has 0 aromatic carbocycles. The van der Waals surface area contributed by atoms with E-state index < -0.39 is 0 Å². The number of thioether (sulfide) groups is 1. The number of aromatic nitrogens is 4. The molecule has 3 aromatic heterocycles. The Hall–Kier alpha value is -2.46. The SMILES string of the molecule is CCN(CC(=O)NCc1cccs1)C(=O)CSc1nnc2cc(C)nc(C)n12. The number of nitrogens with zero attached hydrogens (tertiary/aromatic N) is 5. The maximum Gasteiger partial charge on any atom is 0.239 e. The van der Waals surface area contributed by atoms with Crippen molar-refractivity contribution < 1.29 is 9.59 Å². The summed E-state index contributed by atoms with van der Waals surface area (Å²) in [4.78, 5) is 31.8. The van der Waals surface area contributed by atoms with Gasteiger partial charge in [0.05, 0.1) is 18.8 Å². The van der Waals surface area contributed by atoms with E-state index in [-0.39, 0.29) is 24.1 Å². The first-order chi connectivity index (χ1) is 13.5. The summed E-state index contributed by atoms with van der Waals surface area (Å²) in [5, 5.41) is 13.7. The van der Waals surface area contributed by atoms with E-state index in [9.17, 15) is 9.59 Å². The Kier molecular flexibility index (Phi) is 6.63. The Balaban J connectivity index is 1.56. The molecule has 10 heteroatoms. The summed E-state index contributed by atoms with van der Waals surface area (Å²) in [6.45, 7) is 6.63. The molecule has 0 bridgehead atoms. The molecular formula is C18H22N6O2S2.